The number of amides is 1. The Morgan fingerprint density at radius 1 is 1.07 bits per heavy atom. The quantitative estimate of drug-likeness (QED) is 0.134. The van der Waals surface area contributed by atoms with Crippen LogP contribution in [0.2, 0.25) is 0 Å². The highest BCUT2D eigenvalue weighted by molar-refractivity contribution is 5.81. The molecule has 2 bridgehead atoms. The normalized spacial score (nSPS) is 37.1. The van der Waals surface area contributed by atoms with E-state index in [2.05, 4.69) is 19.1 Å². The molecular weight excluding hydrogens is 694 g/mol. The number of hydrogen-bond acceptors (Lipinski definition) is 11. The highest BCUT2D eigenvalue weighted by Gasteiger charge is 2.41. The Hall–Kier alpha value is -2.61. The number of cyclic esters (lactones) is 1. The molecule has 0 unspecified atom stereocenters. The van der Waals surface area contributed by atoms with Gasteiger partial charge in [0.25, 0.3) is 0 Å². The molecular formula is C42H69NO11. The largest absolute Gasteiger partial charge is 0.462 e. The fourth-order valence-electron chi connectivity index (χ4n) is 8.38. The van der Waals surface area contributed by atoms with Crippen LogP contribution in [0, 0.1) is 29.6 Å². The molecule has 0 saturated carbocycles. The number of hydrogen-bond donors (Lipinski definition) is 4. The lowest BCUT2D eigenvalue weighted by atomic mass is 9.78. The van der Waals surface area contributed by atoms with Gasteiger partial charge in [-0.25, -0.2) is 4.79 Å². The summed E-state index contributed by atoms with van der Waals surface area (Å²) in [7, 11) is 0. The summed E-state index contributed by atoms with van der Waals surface area (Å²) in [6.45, 7) is 17.4. The summed E-state index contributed by atoms with van der Waals surface area (Å²) in [6, 6.07) is 0. The van der Waals surface area contributed by atoms with Crippen LogP contribution in [0.4, 0.5) is 4.79 Å². The Balaban J connectivity index is 1.90. The Bertz CT molecular complexity index is 1330. The molecule has 54 heavy (non-hydrogen) atoms. The SMILES string of the molecule is CCC(=O)[C@@H](CC)[C@@H](O)[C@H](C)C[C@@H](C)[C@H]1OC(=O)C[C@@]2(O)CC=C(C)[C@H](O2)/C(C)=C/CCC[C@@H](O[C@H]2C[C@@H](OC(N)=O)[C@H](O)[C@@H](C)O2)/C=C/[C@H](C)C[C@H]1C. The third kappa shape index (κ3) is 13.3. The number of nitrogens with two attached hydrogens (primary N) is 1. The zero-order valence-corrected chi connectivity index (χ0v) is 34.1. The van der Waals surface area contributed by atoms with E-state index in [9.17, 15) is 29.7 Å². The molecule has 3 aliphatic heterocycles. The minimum absolute atomic E-state index is 0.0396. The number of carbonyl (C=O) groups is 3. The molecule has 1 saturated heterocycles. The van der Waals surface area contributed by atoms with E-state index in [4.69, 9.17) is 29.4 Å². The number of Topliss-reactive ketones (excluding diaryl/α,β-unsaturated/α-hetero) is 1. The molecule has 5 N–H and O–H groups in total. The zero-order chi connectivity index (χ0) is 40.3. The third-order valence-corrected chi connectivity index (χ3v) is 11.5. The number of rotatable bonds is 11. The number of carbonyl (C=O) groups excluding carboxylic acids is 3. The predicted molar refractivity (Wildman–Crippen MR) is 205 cm³/mol. The first-order valence-electron chi connectivity index (χ1n) is 20.1. The summed E-state index contributed by atoms with van der Waals surface area (Å²) in [5.74, 6) is -3.14. The molecule has 14 atom stereocenters. The summed E-state index contributed by atoms with van der Waals surface area (Å²) in [5, 5.41) is 33.3. The Morgan fingerprint density at radius 3 is 2.41 bits per heavy atom. The van der Waals surface area contributed by atoms with Gasteiger partial charge in [0.1, 0.15) is 30.2 Å². The van der Waals surface area contributed by atoms with Gasteiger partial charge in [0.2, 0.25) is 0 Å². The van der Waals surface area contributed by atoms with Crippen LogP contribution in [0.25, 0.3) is 0 Å². The molecule has 0 spiro atoms. The van der Waals surface area contributed by atoms with Crippen LogP contribution in [0.15, 0.2) is 35.5 Å². The van der Waals surface area contributed by atoms with Gasteiger partial charge in [0.15, 0.2) is 12.1 Å². The fraction of sp³-hybridized carbons (Fsp3) is 0.786. The van der Waals surface area contributed by atoms with Crippen LogP contribution in [-0.2, 0) is 33.3 Å². The van der Waals surface area contributed by atoms with E-state index >= 15 is 0 Å². The van der Waals surface area contributed by atoms with Crippen molar-refractivity contribution in [3.63, 3.8) is 0 Å². The lowest BCUT2D eigenvalue weighted by Gasteiger charge is -2.38. The fourth-order valence-corrected chi connectivity index (χ4v) is 8.38. The summed E-state index contributed by atoms with van der Waals surface area (Å²) in [4.78, 5) is 37.8. The van der Waals surface area contributed by atoms with Crippen molar-refractivity contribution in [1.82, 2.24) is 0 Å². The van der Waals surface area contributed by atoms with E-state index in [1.54, 1.807) is 6.92 Å². The van der Waals surface area contributed by atoms with Gasteiger partial charge in [0.05, 0.1) is 24.7 Å². The molecule has 12 heteroatoms. The van der Waals surface area contributed by atoms with Crippen LogP contribution in [-0.4, -0.2) is 88.0 Å². The van der Waals surface area contributed by atoms with Gasteiger partial charge in [-0.05, 0) is 94.1 Å². The molecule has 12 nitrogen and oxygen atoms in total. The smallest absolute Gasteiger partial charge is 0.404 e. The second-order valence-electron chi connectivity index (χ2n) is 16.3. The molecule has 308 valence electrons. The summed E-state index contributed by atoms with van der Waals surface area (Å²) in [6.07, 6.45) is 5.86. The van der Waals surface area contributed by atoms with Crippen LogP contribution in [0.3, 0.4) is 0 Å². The average Bonchev–Trinajstić information content (AvgIpc) is 3.10. The number of ketones is 1. The Labute approximate surface area is 322 Å². The maximum absolute atomic E-state index is 13.7. The van der Waals surface area contributed by atoms with Crippen molar-refractivity contribution in [2.24, 2.45) is 35.3 Å². The molecule has 0 radical (unpaired) electrons. The second-order valence-corrected chi connectivity index (χ2v) is 16.3. The second kappa shape index (κ2) is 21.1. The number of ether oxygens (including phenoxy) is 5. The van der Waals surface area contributed by atoms with Crippen molar-refractivity contribution in [3.8, 4) is 0 Å². The lowest BCUT2D eigenvalue weighted by Crippen LogP contribution is -2.50. The number of aliphatic hydroxyl groups is 3. The van der Waals surface area contributed by atoms with Crippen LogP contribution in [0.1, 0.15) is 127 Å². The minimum Gasteiger partial charge on any atom is -0.462 e. The molecule has 3 rings (SSSR count). The molecule has 3 aliphatic rings. The summed E-state index contributed by atoms with van der Waals surface area (Å²) < 4.78 is 30.1. The van der Waals surface area contributed by atoms with Crippen molar-refractivity contribution in [3.05, 3.63) is 35.5 Å². The predicted octanol–water partition coefficient (Wildman–Crippen LogP) is 6.43. The first-order chi connectivity index (χ1) is 25.4. The highest BCUT2D eigenvalue weighted by Crippen LogP contribution is 2.36. The number of aliphatic hydroxyl groups excluding tert-OH is 2. The van der Waals surface area contributed by atoms with E-state index in [-0.39, 0.29) is 54.8 Å². The van der Waals surface area contributed by atoms with Crippen molar-refractivity contribution < 1.29 is 53.4 Å². The summed E-state index contributed by atoms with van der Waals surface area (Å²) in [5.41, 5.74) is 7.14. The van der Waals surface area contributed by atoms with E-state index in [1.165, 1.54) is 0 Å². The number of fused-ring (bicyclic) bond motifs is 2. The standard InChI is InChI=1S/C42H69NO11/c1-10-32(33(44)11-2)37(46)27(6)21-29(8)39-28(7)20-24(3)16-17-31(51-36-22-34(52-41(43)48)38(47)30(9)50-36)15-13-12-14-25(4)40-26(5)18-19-42(49,54-40)23-35(45)53-39/h14,16-18,24,27-32,34,36-40,46-47,49H,10-13,15,19-23H2,1-9H3,(H2,43,48)/b17-16+,25-14+/t24-,27+,28+,29+,30+,31+,32+,34+,36-,37-,38+,39-,40+,42+/m0/s1. The van der Waals surface area contributed by atoms with Crippen LogP contribution in [0.5, 0.6) is 0 Å². The van der Waals surface area contributed by atoms with E-state index in [0.717, 1.165) is 17.6 Å². The molecule has 0 aromatic heterocycles. The Kier molecular flexibility index (Phi) is 17.9. The van der Waals surface area contributed by atoms with Gasteiger partial charge in [-0.15, -0.1) is 0 Å². The number of esters is 1. The van der Waals surface area contributed by atoms with Crippen molar-refractivity contribution >= 4 is 17.8 Å². The van der Waals surface area contributed by atoms with Crippen molar-refractivity contribution in [2.75, 3.05) is 0 Å². The van der Waals surface area contributed by atoms with Gasteiger partial charge in [-0.3, -0.25) is 9.59 Å². The van der Waals surface area contributed by atoms with Gasteiger partial charge in [0, 0.05) is 25.2 Å². The zero-order valence-electron chi connectivity index (χ0n) is 34.1. The number of allylic oxidation sites excluding steroid dienone is 2. The van der Waals surface area contributed by atoms with Crippen LogP contribution >= 0.6 is 0 Å². The molecule has 0 aliphatic carbocycles. The number of primary amides is 1. The molecule has 0 aromatic rings. The Morgan fingerprint density at radius 2 is 1.76 bits per heavy atom. The molecule has 1 amide bonds. The van der Waals surface area contributed by atoms with E-state index in [1.807, 2.05) is 60.6 Å². The first-order valence-corrected chi connectivity index (χ1v) is 20.1. The molecule has 3 heterocycles. The van der Waals surface area contributed by atoms with E-state index < -0.39 is 66.7 Å². The average molecular weight is 764 g/mol. The lowest BCUT2D eigenvalue weighted by molar-refractivity contribution is -0.254. The molecule has 0 aromatic carbocycles. The topological polar surface area (TPSA) is 184 Å². The van der Waals surface area contributed by atoms with Gasteiger partial charge < -0.3 is 44.7 Å². The van der Waals surface area contributed by atoms with Gasteiger partial charge in [-0.1, -0.05) is 65.8 Å². The maximum Gasteiger partial charge on any atom is 0.404 e. The monoisotopic (exact) mass is 763 g/mol. The first kappa shape index (κ1) is 45.8. The highest BCUT2D eigenvalue weighted by atomic mass is 16.7. The van der Waals surface area contributed by atoms with Gasteiger partial charge >= 0.3 is 12.1 Å². The van der Waals surface area contributed by atoms with Crippen molar-refractivity contribution in [1.29, 1.82) is 0 Å². The molecule has 1 fully saturated rings. The van der Waals surface area contributed by atoms with Crippen molar-refractivity contribution in [2.45, 2.75) is 181 Å². The van der Waals surface area contributed by atoms with E-state index in [0.29, 0.717) is 38.5 Å². The van der Waals surface area contributed by atoms with Gasteiger partial charge in [-0.2, -0.15) is 0 Å². The maximum atomic E-state index is 13.7. The summed E-state index contributed by atoms with van der Waals surface area (Å²) >= 11 is 0. The minimum atomic E-state index is -1.73. The third-order valence-electron chi connectivity index (χ3n) is 11.5. The van der Waals surface area contributed by atoms with Crippen LogP contribution < -0.4 is 5.73 Å².